The number of nitrogens with one attached hydrogen (secondary N) is 1. The predicted octanol–water partition coefficient (Wildman–Crippen LogP) is 4.96. The number of carbonyl (C=O) groups is 2. The zero-order chi connectivity index (χ0) is 19.6. The Bertz CT molecular complexity index is 1030. The van der Waals surface area contributed by atoms with Crippen molar-refractivity contribution in [2.75, 3.05) is 5.32 Å². The van der Waals surface area contributed by atoms with Crippen LogP contribution >= 0.6 is 11.6 Å². The van der Waals surface area contributed by atoms with E-state index in [1.807, 2.05) is 30.3 Å². The highest BCUT2D eigenvalue weighted by Crippen LogP contribution is 2.24. The molecule has 0 saturated carbocycles. The van der Waals surface area contributed by atoms with Crippen molar-refractivity contribution in [3.8, 4) is 0 Å². The molecule has 27 heavy (non-hydrogen) atoms. The summed E-state index contributed by atoms with van der Waals surface area (Å²) in [4.78, 5) is 24.5. The zero-order valence-electron chi connectivity index (χ0n) is 14.1. The van der Waals surface area contributed by atoms with Gasteiger partial charge in [-0.05, 0) is 30.5 Å². The molecule has 0 radical (unpaired) electrons. The first-order chi connectivity index (χ1) is 12.9. The molecule has 3 rings (SSSR count). The molecule has 0 heterocycles. The second-order valence-electron chi connectivity index (χ2n) is 5.81. The monoisotopic (exact) mass is 389 g/mol. The van der Waals surface area contributed by atoms with Crippen LogP contribution in [0.2, 0.25) is 5.02 Å². The standard InChI is InChI=1S/C20H14ClF2NO3/c1-11(27-20(26)14-9-16(22)17(23)10-15(14)21)19(25)24-18-8-4-6-12-5-2-3-7-13(12)18/h2-11H,1H3,(H,24,25)/t11-/m0/s1. The summed E-state index contributed by atoms with van der Waals surface area (Å²) in [5, 5.41) is 4.16. The molecule has 3 aromatic rings. The van der Waals surface area contributed by atoms with Gasteiger partial charge in [-0.25, -0.2) is 13.6 Å². The second-order valence-corrected chi connectivity index (χ2v) is 6.22. The van der Waals surface area contributed by atoms with Crippen LogP contribution in [0.3, 0.4) is 0 Å². The Labute approximate surface area is 158 Å². The van der Waals surface area contributed by atoms with Crippen LogP contribution in [0.1, 0.15) is 17.3 Å². The number of amides is 1. The number of anilines is 1. The second kappa shape index (κ2) is 7.72. The van der Waals surface area contributed by atoms with E-state index in [-0.39, 0.29) is 10.6 Å². The van der Waals surface area contributed by atoms with Crippen LogP contribution < -0.4 is 5.32 Å². The number of esters is 1. The minimum atomic E-state index is -1.24. The zero-order valence-corrected chi connectivity index (χ0v) is 14.9. The highest BCUT2D eigenvalue weighted by atomic mass is 35.5. The first kappa shape index (κ1) is 18.8. The topological polar surface area (TPSA) is 55.4 Å². The summed E-state index contributed by atoms with van der Waals surface area (Å²) in [5.74, 6) is -4.02. The van der Waals surface area contributed by atoms with E-state index in [1.165, 1.54) is 6.92 Å². The maximum atomic E-state index is 13.3. The van der Waals surface area contributed by atoms with Gasteiger partial charge in [0.1, 0.15) is 0 Å². The van der Waals surface area contributed by atoms with Gasteiger partial charge >= 0.3 is 5.97 Å². The van der Waals surface area contributed by atoms with Gasteiger partial charge in [0.15, 0.2) is 17.7 Å². The molecule has 0 fully saturated rings. The van der Waals surface area contributed by atoms with E-state index < -0.39 is 29.6 Å². The molecule has 1 N–H and O–H groups in total. The number of halogens is 3. The van der Waals surface area contributed by atoms with Crippen molar-refractivity contribution in [3.05, 3.63) is 76.8 Å². The van der Waals surface area contributed by atoms with Gasteiger partial charge in [0.05, 0.1) is 10.6 Å². The van der Waals surface area contributed by atoms with Crippen molar-refractivity contribution in [2.45, 2.75) is 13.0 Å². The Hall–Kier alpha value is -2.99. The lowest BCUT2D eigenvalue weighted by atomic mass is 10.1. The van der Waals surface area contributed by atoms with Gasteiger partial charge in [-0.2, -0.15) is 0 Å². The Morgan fingerprint density at radius 3 is 2.48 bits per heavy atom. The Morgan fingerprint density at radius 1 is 1.04 bits per heavy atom. The lowest BCUT2D eigenvalue weighted by molar-refractivity contribution is -0.123. The molecule has 0 unspecified atom stereocenters. The minimum absolute atomic E-state index is 0.305. The number of ether oxygens (including phenoxy) is 1. The van der Waals surface area contributed by atoms with Crippen molar-refractivity contribution in [1.82, 2.24) is 0 Å². The van der Waals surface area contributed by atoms with Gasteiger partial charge in [0.2, 0.25) is 0 Å². The molecule has 0 bridgehead atoms. The van der Waals surface area contributed by atoms with E-state index in [4.69, 9.17) is 16.3 Å². The fourth-order valence-electron chi connectivity index (χ4n) is 2.53. The first-order valence-electron chi connectivity index (χ1n) is 8.01. The first-order valence-corrected chi connectivity index (χ1v) is 8.39. The van der Waals surface area contributed by atoms with Crippen LogP contribution in [0.5, 0.6) is 0 Å². The fourth-order valence-corrected chi connectivity index (χ4v) is 2.75. The summed E-state index contributed by atoms with van der Waals surface area (Å²) in [6.07, 6.45) is -1.18. The third-order valence-corrected chi connectivity index (χ3v) is 4.24. The molecule has 3 aromatic carbocycles. The van der Waals surface area contributed by atoms with E-state index in [9.17, 15) is 18.4 Å². The number of hydrogen-bond acceptors (Lipinski definition) is 3. The summed E-state index contributed by atoms with van der Waals surface area (Å²) < 4.78 is 31.5. The minimum Gasteiger partial charge on any atom is -0.449 e. The fraction of sp³-hybridized carbons (Fsp3) is 0.100. The number of fused-ring (bicyclic) bond motifs is 1. The summed E-state index contributed by atoms with van der Waals surface area (Å²) in [6, 6.07) is 14.2. The smallest absolute Gasteiger partial charge is 0.340 e. The summed E-state index contributed by atoms with van der Waals surface area (Å²) in [5.41, 5.74) is 0.201. The molecule has 0 saturated heterocycles. The lowest BCUT2D eigenvalue weighted by Gasteiger charge is -2.15. The average molecular weight is 390 g/mol. The van der Waals surface area contributed by atoms with Crippen molar-refractivity contribution in [1.29, 1.82) is 0 Å². The van der Waals surface area contributed by atoms with E-state index in [1.54, 1.807) is 12.1 Å². The maximum absolute atomic E-state index is 13.3. The summed E-state index contributed by atoms with van der Waals surface area (Å²) >= 11 is 5.75. The Kier molecular flexibility index (Phi) is 5.37. The van der Waals surface area contributed by atoms with Gasteiger partial charge in [-0.1, -0.05) is 48.0 Å². The molecule has 1 atom stereocenters. The van der Waals surface area contributed by atoms with Crippen LogP contribution in [0.25, 0.3) is 10.8 Å². The van der Waals surface area contributed by atoms with Gasteiger partial charge in [-0.3, -0.25) is 4.79 Å². The van der Waals surface area contributed by atoms with E-state index in [2.05, 4.69) is 5.32 Å². The van der Waals surface area contributed by atoms with Crippen LogP contribution in [0.15, 0.2) is 54.6 Å². The SMILES string of the molecule is C[C@H](OC(=O)c1cc(F)c(F)cc1Cl)C(=O)Nc1cccc2ccccc12. The molecule has 0 aromatic heterocycles. The quantitative estimate of drug-likeness (QED) is 0.507. The Morgan fingerprint density at radius 2 is 1.70 bits per heavy atom. The molecule has 1 amide bonds. The summed E-state index contributed by atoms with van der Waals surface area (Å²) in [7, 11) is 0. The van der Waals surface area contributed by atoms with Crippen molar-refractivity contribution < 1.29 is 23.1 Å². The van der Waals surface area contributed by atoms with Gasteiger partial charge in [0.25, 0.3) is 5.91 Å². The predicted molar refractivity (Wildman–Crippen MR) is 98.8 cm³/mol. The molecule has 0 aliphatic rings. The molecular formula is C20H14ClF2NO3. The number of benzene rings is 3. The highest BCUT2D eigenvalue weighted by Gasteiger charge is 2.22. The van der Waals surface area contributed by atoms with Crippen LogP contribution in [0, 0.1) is 11.6 Å². The van der Waals surface area contributed by atoms with E-state index in [0.29, 0.717) is 17.8 Å². The molecule has 0 aliphatic heterocycles. The van der Waals surface area contributed by atoms with Crippen molar-refractivity contribution >= 4 is 39.9 Å². The summed E-state index contributed by atoms with van der Waals surface area (Å²) in [6.45, 7) is 1.37. The van der Waals surface area contributed by atoms with Gasteiger partial charge < -0.3 is 10.1 Å². The number of rotatable bonds is 4. The van der Waals surface area contributed by atoms with Gasteiger partial charge in [0, 0.05) is 11.1 Å². The molecular weight excluding hydrogens is 376 g/mol. The largest absolute Gasteiger partial charge is 0.449 e. The molecule has 7 heteroatoms. The third-order valence-electron chi connectivity index (χ3n) is 3.93. The van der Waals surface area contributed by atoms with E-state index >= 15 is 0 Å². The van der Waals surface area contributed by atoms with Crippen LogP contribution in [0.4, 0.5) is 14.5 Å². The lowest BCUT2D eigenvalue weighted by Crippen LogP contribution is -2.30. The van der Waals surface area contributed by atoms with Crippen molar-refractivity contribution in [2.24, 2.45) is 0 Å². The number of carbonyl (C=O) groups excluding carboxylic acids is 2. The third kappa shape index (κ3) is 4.06. The average Bonchev–Trinajstić information content (AvgIpc) is 2.64. The van der Waals surface area contributed by atoms with Crippen molar-refractivity contribution in [3.63, 3.8) is 0 Å². The van der Waals surface area contributed by atoms with Crippen LogP contribution in [-0.2, 0) is 9.53 Å². The molecule has 138 valence electrons. The highest BCUT2D eigenvalue weighted by molar-refractivity contribution is 6.33. The molecule has 4 nitrogen and oxygen atoms in total. The Balaban J connectivity index is 1.74. The van der Waals surface area contributed by atoms with E-state index in [0.717, 1.165) is 10.8 Å². The molecule has 0 spiro atoms. The number of hydrogen-bond donors (Lipinski definition) is 1. The van der Waals surface area contributed by atoms with Gasteiger partial charge in [-0.15, -0.1) is 0 Å². The van der Waals surface area contributed by atoms with Crippen LogP contribution in [-0.4, -0.2) is 18.0 Å². The normalized spacial score (nSPS) is 11.9. The maximum Gasteiger partial charge on any atom is 0.340 e. The molecule has 0 aliphatic carbocycles.